The summed E-state index contributed by atoms with van der Waals surface area (Å²) in [6.07, 6.45) is 0. The molecule has 0 aliphatic heterocycles. The maximum absolute atomic E-state index is 12.5. The van der Waals surface area contributed by atoms with Crippen LogP contribution in [0.4, 0.5) is 5.69 Å². The van der Waals surface area contributed by atoms with Crippen LogP contribution in [-0.2, 0) is 10.0 Å². The highest BCUT2D eigenvalue weighted by molar-refractivity contribution is 9.10. The molecule has 0 heterocycles. The van der Waals surface area contributed by atoms with Crippen LogP contribution in [0.3, 0.4) is 0 Å². The number of rotatable bonds is 4. The molecular formula is C15H16BrNO3S. The average Bonchev–Trinajstić information content (AvgIpc) is 2.41. The molecule has 0 radical (unpaired) electrons. The fourth-order valence-corrected chi connectivity index (χ4v) is 3.62. The van der Waals surface area contributed by atoms with Crippen molar-refractivity contribution in [2.45, 2.75) is 18.7 Å². The second-order valence-corrected chi connectivity index (χ2v) is 7.27. The van der Waals surface area contributed by atoms with E-state index in [4.69, 9.17) is 4.74 Å². The lowest BCUT2D eigenvalue weighted by Gasteiger charge is -2.13. The number of aryl methyl sites for hydroxylation is 2. The van der Waals surface area contributed by atoms with Crippen LogP contribution in [0.25, 0.3) is 0 Å². The number of ether oxygens (including phenoxy) is 1. The number of methoxy groups -OCH3 is 1. The molecule has 0 saturated carbocycles. The zero-order valence-corrected chi connectivity index (χ0v) is 14.4. The predicted molar refractivity (Wildman–Crippen MR) is 87.4 cm³/mol. The van der Waals surface area contributed by atoms with Crippen molar-refractivity contribution in [1.82, 2.24) is 0 Å². The summed E-state index contributed by atoms with van der Waals surface area (Å²) in [4.78, 5) is 0.216. The summed E-state index contributed by atoms with van der Waals surface area (Å²) in [7, 11) is -2.13. The molecule has 0 fully saturated rings. The number of hydrogen-bond acceptors (Lipinski definition) is 3. The SMILES string of the molecule is COc1cc(S(=O)(=O)Nc2ccc(Br)cc2)c(C)cc1C. The Hall–Kier alpha value is -1.53. The second-order valence-electron chi connectivity index (χ2n) is 4.70. The van der Waals surface area contributed by atoms with E-state index in [0.29, 0.717) is 17.0 Å². The average molecular weight is 370 g/mol. The fraction of sp³-hybridized carbons (Fsp3) is 0.200. The highest BCUT2D eigenvalue weighted by atomic mass is 79.9. The molecule has 1 N–H and O–H groups in total. The molecule has 0 bridgehead atoms. The maximum Gasteiger partial charge on any atom is 0.262 e. The second kappa shape index (κ2) is 6.07. The summed E-state index contributed by atoms with van der Waals surface area (Å²) < 4.78 is 33.7. The number of benzene rings is 2. The Morgan fingerprint density at radius 3 is 2.24 bits per heavy atom. The topological polar surface area (TPSA) is 55.4 Å². The van der Waals surface area contributed by atoms with Crippen molar-refractivity contribution in [2.75, 3.05) is 11.8 Å². The van der Waals surface area contributed by atoms with Gasteiger partial charge >= 0.3 is 0 Å². The molecule has 0 unspecified atom stereocenters. The van der Waals surface area contributed by atoms with E-state index in [1.165, 1.54) is 7.11 Å². The van der Waals surface area contributed by atoms with Gasteiger partial charge in [-0.25, -0.2) is 8.42 Å². The molecule has 0 atom stereocenters. The summed E-state index contributed by atoms with van der Waals surface area (Å²) in [5.74, 6) is 0.553. The van der Waals surface area contributed by atoms with Crippen LogP contribution >= 0.6 is 15.9 Å². The summed E-state index contributed by atoms with van der Waals surface area (Å²) in [6.45, 7) is 3.65. The standard InChI is InChI=1S/C15H16BrNO3S/c1-10-8-11(2)15(9-14(10)20-3)21(18,19)17-13-6-4-12(16)5-7-13/h4-9,17H,1-3H3. The minimum atomic E-state index is -3.65. The molecule has 0 aliphatic carbocycles. The summed E-state index contributed by atoms with van der Waals surface area (Å²) in [5, 5.41) is 0. The maximum atomic E-state index is 12.5. The van der Waals surface area contributed by atoms with Gasteiger partial charge in [-0.3, -0.25) is 4.72 Å². The lowest BCUT2D eigenvalue weighted by Crippen LogP contribution is -2.14. The van der Waals surface area contributed by atoms with Crippen LogP contribution in [0, 0.1) is 13.8 Å². The quantitative estimate of drug-likeness (QED) is 0.889. The molecule has 0 spiro atoms. The molecule has 6 heteroatoms. The predicted octanol–water partition coefficient (Wildman–Crippen LogP) is 3.88. The first kappa shape index (κ1) is 15.9. The van der Waals surface area contributed by atoms with Crippen LogP contribution in [-0.4, -0.2) is 15.5 Å². The third-order valence-electron chi connectivity index (χ3n) is 3.08. The normalized spacial score (nSPS) is 11.2. The van der Waals surface area contributed by atoms with Crippen molar-refractivity contribution >= 4 is 31.6 Å². The number of halogens is 1. The molecule has 21 heavy (non-hydrogen) atoms. The van der Waals surface area contributed by atoms with Crippen LogP contribution in [0.15, 0.2) is 45.8 Å². The first-order chi connectivity index (χ1) is 9.83. The Labute approximate surface area is 133 Å². The molecule has 4 nitrogen and oxygen atoms in total. The summed E-state index contributed by atoms with van der Waals surface area (Å²) in [6, 6.07) is 10.3. The Morgan fingerprint density at radius 2 is 1.67 bits per heavy atom. The first-order valence-electron chi connectivity index (χ1n) is 6.27. The van der Waals surface area contributed by atoms with Gasteiger partial charge < -0.3 is 4.74 Å². The largest absolute Gasteiger partial charge is 0.496 e. The highest BCUT2D eigenvalue weighted by Gasteiger charge is 2.19. The van der Waals surface area contributed by atoms with Gasteiger partial charge in [0.05, 0.1) is 12.0 Å². The summed E-state index contributed by atoms with van der Waals surface area (Å²) in [5.41, 5.74) is 2.09. The third kappa shape index (κ3) is 3.57. The Morgan fingerprint density at radius 1 is 1.05 bits per heavy atom. The Balaban J connectivity index is 2.42. The molecule has 2 aromatic rings. The van der Waals surface area contributed by atoms with Gasteiger partial charge in [-0.2, -0.15) is 0 Å². The minimum absolute atomic E-state index is 0.216. The minimum Gasteiger partial charge on any atom is -0.496 e. The number of anilines is 1. The number of hydrogen-bond donors (Lipinski definition) is 1. The lowest BCUT2D eigenvalue weighted by molar-refractivity contribution is 0.410. The van der Waals surface area contributed by atoms with E-state index in [2.05, 4.69) is 20.7 Å². The Bertz CT molecular complexity index is 755. The van der Waals surface area contributed by atoms with Gasteiger partial charge in [0.2, 0.25) is 0 Å². The Kier molecular flexibility index (Phi) is 4.58. The van der Waals surface area contributed by atoms with E-state index >= 15 is 0 Å². The van der Waals surface area contributed by atoms with Crippen molar-refractivity contribution in [3.63, 3.8) is 0 Å². The number of nitrogens with one attached hydrogen (secondary N) is 1. The van der Waals surface area contributed by atoms with Crippen molar-refractivity contribution in [1.29, 1.82) is 0 Å². The molecule has 0 amide bonds. The van der Waals surface area contributed by atoms with Gasteiger partial charge in [0.25, 0.3) is 10.0 Å². The lowest BCUT2D eigenvalue weighted by atomic mass is 10.1. The van der Waals surface area contributed by atoms with E-state index in [1.807, 2.05) is 6.92 Å². The summed E-state index contributed by atoms with van der Waals surface area (Å²) >= 11 is 3.31. The molecule has 112 valence electrons. The van der Waals surface area contributed by atoms with Crippen molar-refractivity contribution in [3.05, 3.63) is 52.0 Å². The van der Waals surface area contributed by atoms with Gasteiger partial charge in [-0.15, -0.1) is 0 Å². The molecular weight excluding hydrogens is 354 g/mol. The highest BCUT2D eigenvalue weighted by Crippen LogP contribution is 2.27. The van der Waals surface area contributed by atoms with Crippen molar-refractivity contribution in [2.24, 2.45) is 0 Å². The zero-order valence-electron chi connectivity index (χ0n) is 12.0. The van der Waals surface area contributed by atoms with Crippen molar-refractivity contribution in [3.8, 4) is 5.75 Å². The van der Waals surface area contributed by atoms with Crippen LogP contribution in [0.1, 0.15) is 11.1 Å². The van der Waals surface area contributed by atoms with Crippen LogP contribution < -0.4 is 9.46 Å². The van der Waals surface area contributed by atoms with Gasteiger partial charge in [0, 0.05) is 16.2 Å². The molecule has 0 aliphatic rings. The van der Waals surface area contributed by atoms with Gasteiger partial charge in [-0.05, 0) is 49.2 Å². The van der Waals surface area contributed by atoms with Crippen molar-refractivity contribution < 1.29 is 13.2 Å². The molecule has 0 aromatic heterocycles. The fourth-order valence-electron chi connectivity index (χ4n) is 2.05. The van der Waals surface area contributed by atoms with Crippen LogP contribution in [0.5, 0.6) is 5.75 Å². The van der Waals surface area contributed by atoms with E-state index in [-0.39, 0.29) is 4.90 Å². The van der Waals surface area contributed by atoms with E-state index in [0.717, 1.165) is 10.0 Å². The third-order valence-corrected chi connectivity index (χ3v) is 5.13. The smallest absolute Gasteiger partial charge is 0.262 e. The van der Waals surface area contributed by atoms with Gasteiger partial charge in [0.15, 0.2) is 0 Å². The van der Waals surface area contributed by atoms with E-state index in [1.54, 1.807) is 43.3 Å². The van der Waals surface area contributed by atoms with Gasteiger partial charge in [0.1, 0.15) is 5.75 Å². The molecule has 0 saturated heterocycles. The first-order valence-corrected chi connectivity index (χ1v) is 8.55. The van der Waals surface area contributed by atoms with Crippen LogP contribution in [0.2, 0.25) is 0 Å². The zero-order chi connectivity index (χ0) is 15.6. The van der Waals surface area contributed by atoms with E-state index < -0.39 is 10.0 Å². The molecule has 2 rings (SSSR count). The van der Waals surface area contributed by atoms with Gasteiger partial charge in [-0.1, -0.05) is 22.0 Å². The van der Waals surface area contributed by atoms with E-state index in [9.17, 15) is 8.42 Å². The number of sulfonamides is 1. The molecule has 2 aromatic carbocycles. The monoisotopic (exact) mass is 369 g/mol.